The third-order valence-electron chi connectivity index (χ3n) is 3.48. The van der Waals surface area contributed by atoms with Gasteiger partial charge >= 0.3 is 5.97 Å². The van der Waals surface area contributed by atoms with Crippen molar-refractivity contribution in [1.82, 2.24) is 5.32 Å². The Morgan fingerprint density at radius 2 is 2.17 bits per heavy atom. The molecule has 0 saturated heterocycles. The molecule has 18 heavy (non-hydrogen) atoms. The lowest BCUT2D eigenvalue weighted by Crippen LogP contribution is -2.40. The highest BCUT2D eigenvalue weighted by Gasteiger charge is 2.36. The number of hydrogen-bond donors (Lipinski definition) is 2. The molecule has 2 atom stereocenters. The lowest BCUT2D eigenvalue weighted by Gasteiger charge is -2.20. The summed E-state index contributed by atoms with van der Waals surface area (Å²) in [5.74, 6) is -0.850. The molecule has 2 rings (SSSR count). The number of rotatable bonds is 5. The Balaban J connectivity index is 2.08. The minimum atomic E-state index is -0.822. The number of benzene rings is 1. The predicted molar refractivity (Wildman–Crippen MR) is 66.8 cm³/mol. The molecule has 0 spiro atoms. The van der Waals surface area contributed by atoms with Gasteiger partial charge in [0.2, 0.25) is 0 Å². The Hall–Kier alpha value is -1.42. The van der Waals surface area contributed by atoms with Crippen LogP contribution in [0.2, 0.25) is 0 Å². The van der Waals surface area contributed by atoms with E-state index in [1.54, 1.807) is 13.0 Å². The number of carbonyl (C=O) groups is 1. The molecule has 98 valence electrons. The minimum absolute atomic E-state index is 0.165. The van der Waals surface area contributed by atoms with Crippen molar-refractivity contribution in [3.8, 4) is 0 Å². The van der Waals surface area contributed by atoms with E-state index in [1.165, 1.54) is 6.07 Å². The van der Waals surface area contributed by atoms with Crippen molar-refractivity contribution >= 4 is 5.97 Å². The van der Waals surface area contributed by atoms with E-state index in [2.05, 4.69) is 5.32 Å². The van der Waals surface area contributed by atoms with Gasteiger partial charge < -0.3 is 5.11 Å². The molecule has 1 aromatic carbocycles. The fraction of sp³-hybridized carbons (Fsp3) is 0.500. The molecule has 2 N–H and O–H groups in total. The molecule has 3 nitrogen and oxygen atoms in total. The number of carboxylic acids is 1. The molecule has 0 aromatic heterocycles. The molecular formula is C14H18FNO2. The lowest BCUT2D eigenvalue weighted by atomic mass is 10.0. The van der Waals surface area contributed by atoms with Gasteiger partial charge in [0, 0.05) is 6.04 Å². The SMILES string of the molecule is Cc1ccc(C(C)NC(C(=O)O)C2CC2)cc1F. The van der Waals surface area contributed by atoms with Gasteiger partial charge in [-0.05, 0) is 49.8 Å². The predicted octanol–water partition coefficient (Wildman–Crippen LogP) is 2.65. The van der Waals surface area contributed by atoms with E-state index in [-0.39, 0.29) is 17.8 Å². The van der Waals surface area contributed by atoms with Crippen molar-refractivity contribution in [2.45, 2.75) is 38.8 Å². The fourth-order valence-electron chi connectivity index (χ4n) is 2.08. The Bertz CT molecular complexity index is 457. The third-order valence-corrected chi connectivity index (χ3v) is 3.48. The topological polar surface area (TPSA) is 49.3 Å². The maximum atomic E-state index is 13.5. The first-order valence-corrected chi connectivity index (χ1v) is 6.24. The fourth-order valence-corrected chi connectivity index (χ4v) is 2.08. The molecule has 2 unspecified atom stereocenters. The Morgan fingerprint density at radius 1 is 1.50 bits per heavy atom. The normalized spacial score (nSPS) is 18.4. The van der Waals surface area contributed by atoms with Crippen LogP contribution in [0.15, 0.2) is 18.2 Å². The summed E-state index contributed by atoms with van der Waals surface area (Å²) in [6.45, 7) is 3.57. The molecule has 0 bridgehead atoms. The quantitative estimate of drug-likeness (QED) is 0.845. The zero-order valence-corrected chi connectivity index (χ0v) is 10.6. The van der Waals surface area contributed by atoms with Crippen molar-refractivity contribution in [3.63, 3.8) is 0 Å². The number of nitrogens with one attached hydrogen (secondary N) is 1. The first kappa shape index (κ1) is 13.0. The smallest absolute Gasteiger partial charge is 0.320 e. The average molecular weight is 251 g/mol. The number of carboxylic acid groups (broad SMARTS) is 1. The van der Waals surface area contributed by atoms with E-state index in [9.17, 15) is 9.18 Å². The second-order valence-electron chi connectivity index (χ2n) is 5.05. The Kier molecular flexibility index (Phi) is 3.66. The van der Waals surface area contributed by atoms with Gasteiger partial charge in [-0.1, -0.05) is 12.1 Å². The van der Waals surface area contributed by atoms with E-state index in [0.717, 1.165) is 18.4 Å². The van der Waals surface area contributed by atoms with Crippen molar-refractivity contribution in [2.24, 2.45) is 5.92 Å². The number of aliphatic carboxylic acids is 1. The summed E-state index contributed by atoms with van der Waals surface area (Å²) < 4.78 is 13.5. The molecule has 1 aliphatic carbocycles. The molecule has 0 aliphatic heterocycles. The molecule has 1 saturated carbocycles. The van der Waals surface area contributed by atoms with Crippen LogP contribution in [0.1, 0.15) is 36.9 Å². The van der Waals surface area contributed by atoms with Crippen molar-refractivity contribution in [3.05, 3.63) is 35.1 Å². The average Bonchev–Trinajstić information content (AvgIpc) is 3.13. The van der Waals surface area contributed by atoms with E-state index in [1.807, 2.05) is 13.0 Å². The van der Waals surface area contributed by atoms with Crippen LogP contribution in [-0.2, 0) is 4.79 Å². The number of aryl methyl sites for hydroxylation is 1. The summed E-state index contributed by atoms with van der Waals surface area (Å²) in [5, 5.41) is 12.2. The summed E-state index contributed by atoms with van der Waals surface area (Å²) in [6.07, 6.45) is 1.91. The molecule has 0 radical (unpaired) electrons. The summed E-state index contributed by atoms with van der Waals surface area (Å²) in [5.41, 5.74) is 1.38. The summed E-state index contributed by atoms with van der Waals surface area (Å²) >= 11 is 0. The zero-order chi connectivity index (χ0) is 13.3. The van der Waals surface area contributed by atoms with Gasteiger partial charge in [0.05, 0.1) is 0 Å². The van der Waals surface area contributed by atoms with E-state index >= 15 is 0 Å². The second kappa shape index (κ2) is 5.06. The van der Waals surface area contributed by atoms with Gasteiger partial charge in [-0.2, -0.15) is 0 Å². The highest BCUT2D eigenvalue weighted by Crippen LogP contribution is 2.34. The monoisotopic (exact) mass is 251 g/mol. The molecular weight excluding hydrogens is 233 g/mol. The van der Waals surface area contributed by atoms with Crippen molar-refractivity contribution in [2.75, 3.05) is 0 Å². The Labute approximate surface area is 106 Å². The molecule has 1 fully saturated rings. The van der Waals surface area contributed by atoms with Crippen LogP contribution in [0.3, 0.4) is 0 Å². The van der Waals surface area contributed by atoms with Gasteiger partial charge in [0.1, 0.15) is 11.9 Å². The maximum Gasteiger partial charge on any atom is 0.320 e. The van der Waals surface area contributed by atoms with Gasteiger partial charge in [-0.3, -0.25) is 10.1 Å². The third kappa shape index (κ3) is 2.88. The van der Waals surface area contributed by atoms with E-state index in [0.29, 0.717) is 5.56 Å². The number of hydrogen-bond acceptors (Lipinski definition) is 2. The van der Waals surface area contributed by atoms with Crippen molar-refractivity contribution < 1.29 is 14.3 Å². The van der Waals surface area contributed by atoms with E-state index in [4.69, 9.17) is 5.11 Å². The van der Waals surface area contributed by atoms with E-state index < -0.39 is 12.0 Å². The molecule has 4 heteroatoms. The van der Waals surface area contributed by atoms with Crippen LogP contribution in [0.25, 0.3) is 0 Å². The zero-order valence-electron chi connectivity index (χ0n) is 10.6. The number of halogens is 1. The highest BCUT2D eigenvalue weighted by molar-refractivity contribution is 5.74. The largest absolute Gasteiger partial charge is 0.480 e. The van der Waals surface area contributed by atoms with Crippen LogP contribution >= 0.6 is 0 Å². The molecule has 0 amide bonds. The van der Waals surface area contributed by atoms with Gasteiger partial charge in [-0.15, -0.1) is 0 Å². The lowest BCUT2D eigenvalue weighted by molar-refractivity contribution is -0.140. The van der Waals surface area contributed by atoms with Crippen molar-refractivity contribution in [1.29, 1.82) is 0 Å². The van der Waals surface area contributed by atoms with Crippen LogP contribution in [-0.4, -0.2) is 17.1 Å². The summed E-state index contributed by atoms with van der Waals surface area (Å²) in [6, 6.07) is 4.34. The first-order valence-electron chi connectivity index (χ1n) is 6.24. The maximum absolute atomic E-state index is 13.5. The van der Waals surface area contributed by atoms with Crippen LogP contribution in [0, 0.1) is 18.7 Å². The van der Waals surface area contributed by atoms with Crippen LogP contribution in [0.4, 0.5) is 4.39 Å². The Morgan fingerprint density at radius 3 is 2.67 bits per heavy atom. The minimum Gasteiger partial charge on any atom is -0.480 e. The second-order valence-corrected chi connectivity index (χ2v) is 5.05. The van der Waals surface area contributed by atoms with Gasteiger partial charge in [0.15, 0.2) is 0 Å². The van der Waals surface area contributed by atoms with Gasteiger partial charge in [-0.25, -0.2) is 4.39 Å². The van der Waals surface area contributed by atoms with Crippen LogP contribution < -0.4 is 5.32 Å². The molecule has 1 aliphatic rings. The highest BCUT2D eigenvalue weighted by atomic mass is 19.1. The summed E-state index contributed by atoms with van der Waals surface area (Å²) in [4.78, 5) is 11.1. The standard InChI is InChI=1S/C14H18FNO2/c1-8-3-4-11(7-12(8)15)9(2)16-13(14(17)18)10-5-6-10/h3-4,7,9-10,13,16H,5-6H2,1-2H3,(H,17,18). The van der Waals surface area contributed by atoms with Gasteiger partial charge in [0.25, 0.3) is 0 Å². The first-order chi connectivity index (χ1) is 8.49. The molecule has 0 heterocycles. The molecule has 1 aromatic rings. The summed E-state index contributed by atoms with van der Waals surface area (Å²) in [7, 11) is 0. The van der Waals surface area contributed by atoms with Crippen LogP contribution in [0.5, 0.6) is 0 Å².